The zero-order valence-electron chi connectivity index (χ0n) is 11.9. The van der Waals surface area contributed by atoms with Crippen LogP contribution < -0.4 is 10.2 Å². The van der Waals surface area contributed by atoms with Crippen LogP contribution in [-0.2, 0) is 11.3 Å². The van der Waals surface area contributed by atoms with Crippen LogP contribution in [0.25, 0.3) is 0 Å². The van der Waals surface area contributed by atoms with Crippen LogP contribution in [0.1, 0.15) is 18.4 Å². The number of halogens is 1. The molecule has 112 valence electrons. The Morgan fingerprint density at radius 1 is 1.45 bits per heavy atom. The van der Waals surface area contributed by atoms with E-state index in [9.17, 15) is 5.11 Å². The standard InChI is InChI=1S/C15H23ClN2O2/c1-20-9-6-17-11-12-10-13(16)2-5-15(12)18(7-8-19)14-3-4-14/h2,5,10,14,17,19H,3-4,6-9,11H2,1H3. The van der Waals surface area contributed by atoms with Crippen molar-refractivity contribution in [3.05, 3.63) is 28.8 Å². The smallest absolute Gasteiger partial charge is 0.0606 e. The number of nitrogens with zero attached hydrogens (tertiary/aromatic N) is 1. The molecule has 0 bridgehead atoms. The minimum atomic E-state index is 0.176. The zero-order valence-corrected chi connectivity index (χ0v) is 12.7. The molecular weight excluding hydrogens is 276 g/mol. The highest BCUT2D eigenvalue weighted by Gasteiger charge is 2.29. The molecule has 20 heavy (non-hydrogen) atoms. The van der Waals surface area contributed by atoms with E-state index in [1.165, 1.54) is 24.1 Å². The summed E-state index contributed by atoms with van der Waals surface area (Å²) in [6.45, 7) is 3.12. The third-order valence-corrected chi connectivity index (χ3v) is 3.71. The van der Waals surface area contributed by atoms with E-state index in [1.54, 1.807) is 7.11 Å². The minimum absolute atomic E-state index is 0.176. The van der Waals surface area contributed by atoms with Crippen LogP contribution in [0.5, 0.6) is 0 Å². The lowest BCUT2D eigenvalue weighted by atomic mass is 10.1. The molecule has 1 aliphatic rings. The third-order valence-electron chi connectivity index (χ3n) is 3.48. The fraction of sp³-hybridized carbons (Fsp3) is 0.600. The zero-order chi connectivity index (χ0) is 14.4. The fourth-order valence-corrected chi connectivity index (χ4v) is 2.56. The monoisotopic (exact) mass is 298 g/mol. The van der Waals surface area contributed by atoms with E-state index in [2.05, 4.69) is 16.3 Å². The lowest BCUT2D eigenvalue weighted by molar-refractivity contribution is 0.199. The summed E-state index contributed by atoms with van der Waals surface area (Å²) in [5, 5.41) is 13.4. The molecule has 1 aromatic carbocycles. The first kappa shape index (κ1) is 15.6. The van der Waals surface area contributed by atoms with Gasteiger partial charge in [0.15, 0.2) is 0 Å². The summed E-state index contributed by atoms with van der Waals surface area (Å²) in [5.41, 5.74) is 2.35. The first-order chi connectivity index (χ1) is 9.76. The van der Waals surface area contributed by atoms with E-state index in [0.717, 1.165) is 18.1 Å². The normalized spacial score (nSPS) is 14.6. The van der Waals surface area contributed by atoms with Crippen LogP contribution in [0.3, 0.4) is 0 Å². The predicted octanol–water partition coefficient (Wildman–Crippen LogP) is 2.04. The molecule has 4 nitrogen and oxygen atoms in total. The predicted molar refractivity (Wildman–Crippen MR) is 82.5 cm³/mol. The quantitative estimate of drug-likeness (QED) is 0.685. The number of aliphatic hydroxyl groups excluding tert-OH is 1. The second-order valence-electron chi connectivity index (χ2n) is 5.09. The summed E-state index contributed by atoms with van der Waals surface area (Å²) in [7, 11) is 1.70. The largest absolute Gasteiger partial charge is 0.395 e. The number of nitrogens with one attached hydrogen (secondary N) is 1. The maximum absolute atomic E-state index is 9.27. The van der Waals surface area contributed by atoms with Gasteiger partial charge >= 0.3 is 0 Å². The molecule has 1 aromatic rings. The van der Waals surface area contributed by atoms with Crippen LogP contribution in [0.15, 0.2) is 18.2 Å². The van der Waals surface area contributed by atoms with Crippen LogP contribution in [0.4, 0.5) is 5.69 Å². The molecule has 5 heteroatoms. The molecule has 0 saturated heterocycles. The summed E-state index contributed by atoms with van der Waals surface area (Å²) in [6, 6.07) is 6.55. The van der Waals surface area contributed by atoms with E-state index in [0.29, 0.717) is 19.2 Å². The van der Waals surface area contributed by atoms with Crippen molar-refractivity contribution in [3.8, 4) is 0 Å². The SMILES string of the molecule is COCCNCc1cc(Cl)ccc1N(CCO)C1CC1. The van der Waals surface area contributed by atoms with Crippen molar-refractivity contribution < 1.29 is 9.84 Å². The molecule has 0 unspecified atom stereocenters. The Bertz CT molecular complexity index is 424. The average molecular weight is 299 g/mol. The summed E-state index contributed by atoms with van der Waals surface area (Å²) in [4.78, 5) is 2.30. The van der Waals surface area contributed by atoms with Gasteiger partial charge in [-0.3, -0.25) is 0 Å². The van der Waals surface area contributed by atoms with Gasteiger partial charge in [-0.1, -0.05) is 11.6 Å². The lowest BCUT2D eigenvalue weighted by Crippen LogP contribution is -2.30. The number of hydrogen-bond acceptors (Lipinski definition) is 4. The summed E-state index contributed by atoms with van der Waals surface area (Å²) < 4.78 is 5.04. The molecule has 0 spiro atoms. The Morgan fingerprint density at radius 3 is 2.90 bits per heavy atom. The molecule has 1 aliphatic carbocycles. The van der Waals surface area contributed by atoms with Crippen LogP contribution in [0, 0.1) is 0 Å². The Labute approximate surface area is 125 Å². The highest BCUT2D eigenvalue weighted by atomic mass is 35.5. The van der Waals surface area contributed by atoms with Crippen molar-refractivity contribution in [1.82, 2.24) is 5.32 Å². The van der Waals surface area contributed by atoms with E-state index < -0.39 is 0 Å². The topological polar surface area (TPSA) is 44.7 Å². The number of benzene rings is 1. The number of rotatable bonds is 9. The highest BCUT2D eigenvalue weighted by Crippen LogP contribution is 2.34. The maximum atomic E-state index is 9.27. The van der Waals surface area contributed by atoms with Gasteiger partial charge in [0.1, 0.15) is 0 Å². The Hall–Kier alpha value is -0.810. The van der Waals surface area contributed by atoms with Crippen molar-refractivity contribution in [2.24, 2.45) is 0 Å². The van der Waals surface area contributed by atoms with Gasteiger partial charge in [0, 0.05) is 43.5 Å². The van der Waals surface area contributed by atoms with Crippen molar-refractivity contribution >= 4 is 17.3 Å². The van der Waals surface area contributed by atoms with Crippen molar-refractivity contribution in [2.45, 2.75) is 25.4 Å². The molecule has 0 radical (unpaired) electrons. The van der Waals surface area contributed by atoms with Crippen molar-refractivity contribution in [3.63, 3.8) is 0 Å². The number of methoxy groups -OCH3 is 1. The molecule has 2 N–H and O–H groups in total. The summed E-state index contributed by atoms with van der Waals surface area (Å²) >= 11 is 6.11. The average Bonchev–Trinajstić information content (AvgIpc) is 3.26. The van der Waals surface area contributed by atoms with E-state index >= 15 is 0 Å². The van der Waals surface area contributed by atoms with Crippen LogP contribution in [-0.4, -0.2) is 44.6 Å². The van der Waals surface area contributed by atoms with Gasteiger partial charge in [-0.05, 0) is 36.6 Å². The Morgan fingerprint density at radius 2 is 2.25 bits per heavy atom. The van der Waals surface area contributed by atoms with Gasteiger partial charge in [0.05, 0.1) is 13.2 Å². The van der Waals surface area contributed by atoms with Gasteiger partial charge in [-0.2, -0.15) is 0 Å². The molecule has 1 saturated carbocycles. The number of ether oxygens (including phenoxy) is 1. The molecule has 1 fully saturated rings. The van der Waals surface area contributed by atoms with Gasteiger partial charge in [0.25, 0.3) is 0 Å². The van der Waals surface area contributed by atoms with E-state index in [1.807, 2.05) is 12.1 Å². The molecule has 0 heterocycles. The number of hydrogen-bond donors (Lipinski definition) is 2. The molecular formula is C15H23ClN2O2. The van der Waals surface area contributed by atoms with Crippen LogP contribution >= 0.6 is 11.6 Å². The van der Waals surface area contributed by atoms with Crippen LogP contribution in [0.2, 0.25) is 5.02 Å². The molecule has 0 aliphatic heterocycles. The second-order valence-corrected chi connectivity index (χ2v) is 5.53. The summed E-state index contributed by atoms with van der Waals surface area (Å²) in [6.07, 6.45) is 2.42. The molecule has 0 aromatic heterocycles. The molecule has 0 amide bonds. The number of anilines is 1. The summed E-state index contributed by atoms with van der Waals surface area (Å²) in [5.74, 6) is 0. The van der Waals surface area contributed by atoms with Gasteiger partial charge in [-0.25, -0.2) is 0 Å². The molecule has 0 atom stereocenters. The third kappa shape index (κ3) is 4.35. The number of aliphatic hydroxyl groups is 1. The second kappa shape index (κ2) is 7.84. The van der Waals surface area contributed by atoms with Gasteiger partial charge < -0.3 is 20.1 Å². The van der Waals surface area contributed by atoms with E-state index in [4.69, 9.17) is 16.3 Å². The van der Waals surface area contributed by atoms with Crippen molar-refractivity contribution in [2.75, 3.05) is 38.3 Å². The minimum Gasteiger partial charge on any atom is -0.395 e. The van der Waals surface area contributed by atoms with E-state index in [-0.39, 0.29) is 6.61 Å². The van der Waals surface area contributed by atoms with Gasteiger partial charge in [0.2, 0.25) is 0 Å². The molecule has 2 rings (SSSR count). The highest BCUT2D eigenvalue weighted by molar-refractivity contribution is 6.30. The Kier molecular flexibility index (Phi) is 6.10. The first-order valence-electron chi connectivity index (χ1n) is 7.12. The fourth-order valence-electron chi connectivity index (χ4n) is 2.37. The Balaban J connectivity index is 2.09. The van der Waals surface area contributed by atoms with Gasteiger partial charge in [-0.15, -0.1) is 0 Å². The first-order valence-corrected chi connectivity index (χ1v) is 7.49. The van der Waals surface area contributed by atoms with Crippen molar-refractivity contribution in [1.29, 1.82) is 0 Å². The maximum Gasteiger partial charge on any atom is 0.0606 e. The lowest BCUT2D eigenvalue weighted by Gasteiger charge is -2.26.